The normalized spacial score (nSPS) is 13.9. The molecular formula is C15H18N2O2. The first-order chi connectivity index (χ1) is 8.95. The Kier molecular flexibility index (Phi) is 3.44. The summed E-state index contributed by atoms with van der Waals surface area (Å²) >= 11 is 0. The van der Waals surface area contributed by atoms with Gasteiger partial charge in [-0.1, -0.05) is 12.1 Å². The highest BCUT2D eigenvalue weighted by molar-refractivity contribution is 5.49. The van der Waals surface area contributed by atoms with Crippen molar-refractivity contribution in [1.29, 1.82) is 0 Å². The maximum Gasteiger partial charge on any atom is 0.129 e. The molecule has 0 aliphatic rings. The van der Waals surface area contributed by atoms with Gasteiger partial charge in [-0.15, -0.1) is 0 Å². The maximum absolute atomic E-state index is 10.8. The smallest absolute Gasteiger partial charge is 0.129 e. The molecule has 2 aromatic rings. The van der Waals surface area contributed by atoms with Crippen molar-refractivity contribution in [3.63, 3.8) is 0 Å². The SMILES string of the molecule is COc1ccc(C(C)(O)c2cc(C)cnc2N)cc1. The fourth-order valence-electron chi connectivity index (χ4n) is 2.04. The van der Waals surface area contributed by atoms with Crippen molar-refractivity contribution < 1.29 is 9.84 Å². The summed E-state index contributed by atoms with van der Waals surface area (Å²) in [5.74, 6) is 1.08. The van der Waals surface area contributed by atoms with Crippen molar-refractivity contribution in [2.75, 3.05) is 12.8 Å². The molecule has 1 atom stereocenters. The number of benzene rings is 1. The van der Waals surface area contributed by atoms with E-state index in [1.807, 2.05) is 37.3 Å². The molecule has 4 heteroatoms. The van der Waals surface area contributed by atoms with Crippen LogP contribution in [0.5, 0.6) is 5.75 Å². The van der Waals surface area contributed by atoms with Crippen molar-refractivity contribution in [2.24, 2.45) is 0 Å². The summed E-state index contributed by atoms with van der Waals surface area (Å²) < 4.78 is 5.11. The quantitative estimate of drug-likeness (QED) is 0.886. The minimum atomic E-state index is -1.19. The Balaban J connectivity index is 2.48. The summed E-state index contributed by atoms with van der Waals surface area (Å²) in [6, 6.07) is 9.11. The number of aromatic nitrogens is 1. The molecule has 1 heterocycles. The second-order valence-electron chi connectivity index (χ2n) is 4.75. The van der Waals surface area contributed by atoms with E-state index in [2.05, 4.69) is 4.98 Å². The molecule has 0 fully saturated rings. The molecule has 19 heavy (non-hydrogen) atoms. The van der Waals surface area contributed by atoms with Crippen LogP contribution in [-0.4, -0.2) is 17.2 Å². The lowest BCUT2D eigenvalue weighted by molar-refractivity contribution is 0.103. The van der Waals surface area contributed by atoms with Gasteiger partial charge in [0.05, 0.1) is 7.11 Å². The Morgan fingerprint density at radius 3 is 2.47 bits per heavy atom. The van der Waals surface area contributed by atoms with Crippen molar-refractivity contribution in [3.8, 4) is 5.75 Å². The highest BCUT2D eigenvalue weighted by atomic mass is 16.5. The number of nitrogen functional groups attached to an aromatic ring is 1. The Hall–Kier alpha value is -2.07. The average Bonchev–Trinajstić information content (AvgIpc) is 2.41. The Bertz CT molecular complexity index is 577. The van der Waals surface area contributed by atoms with Gasteiger partial charge in [0.15, 0.2) is 0 Å². The summed E-state index contributed by atoms with van der Waals surface area (Å²) in [7, 11) is 1.61. The van der Waals surface area contributed by atoms with Crippen LogP contribution in [0.15, 0.2) is 36.5 Å². The second kappa shape index (κ2) is 4.90. The van der Waals surface area contributed by atoms with Crippen molar-refractivity contribution >= 4 is 5.82 Å². The largest absolute Gasteiger partial charge is 0.497 e. The van der Waals surface area contributed by atoms with E-state index < -0.39 is 5.60 Å². The molecule has 100 valence electrons. The number of ether oxygens (including phenoxy) is 1. The predicted molar refractivity (Wildman–Crippen MR) is 75.1 cm³/mol. The lowest BCUT2D eigenvalue weighted by Crippen LogP contribution is -2.24. The molecule has 0 saturated carbocycles. The van der Waals surface area contributed by atoms with Crippen LogP contribution in [-0.2, 0) is 5.60 Å². The zero-order valence-electron chi connectivity index (χ0n) is 11.3. The molecule has 0 spiro atoms. The number of aliphatic hydroxyl groups is 1. The van der Waals surface area contributed by atoms with Crippen molar-refractivity contribution in [2.45, 2.75) is 19.4 Å². The van der Waals surface area contributed by atoms with Crippen LogP contribution in [0.3, 0.4) is 0 Å². The van der Waals surface area contributed by atoms with E-state index in [-0.39, 0.29) is 0 Å². The number of nitrogens with zero attached hydrogens (tertiary/aromatic N) is 1. The molecule has 3 N–H and O–H groups in total. The molecule has 0 radical (unpaired) electrons. The minimum Gasteiger partial charge on any atom is -0.497 e. The average molecular weight is 258 g/mol. The van der Waals surface area contributed by atoms with Crippen LogP contribution in [0.1, 0.15) is 23.6 Å². The molecular weight excluding hydrogens is 240 g/mol. The molecule has 4 nitrogen and oxygen atoms in total. The van der Waals surface area contributed by atoms with E-state index >= 15 is 0 Å². The molecule has 1 aromatic carbocycles. The second-order valence-corrected chi connectivity index (χ2v) is 4.75. The summed E-state index contributed by atoms with van der Waals surface area (Å²) in [5.41, 5.74) is 7.00. The highest BCUT2D eigenvalue weighted by Gasteiger charge is 2.28. The lowest BCUT2D eigenvalue weighted by Gasteiger charge is -2.26. The van der Waals surface area contributed by atoms with Crippen LogP contribution < -0.4 is 10.5 Å². The number of anilines is 1. The van der Waals surface area contributed by atoms with Gasteiger partial charge in [0, 0.05) is 11.8 Å². The monoisotopic (exact) mass is 258 g/mol. The topological polar surface area (TPSA) is 68.4 Å². The third-order valence-electron chi connectivity index (χ3n) is 3.23. The van der Waals surface area contributed by atoms with Crippen LogP contribution in [0, 0.1) is 6.92 Å². The predicted octanol–water partition coefficient (Wildman–Crippen LogP) is 2.24. The zero-order chi connectivity index (χ0) is 14.0. The minimum absolute atomic E-state index is 0.339. The van der Waals surface area contributed by atoms with Gasteiger partial charge in [0.25, 0.3) is 0 Å². The fourth-order valence-corrected chi connectivity index (χ4v) is 2.04. The van der Waals surface area contributed by atoms with Gasteiger partial charge >= 0.3 is 0 Å². The molecule has 0 saturated heterocycles. The number of hydrogen-bond donors (Lipinski definition) is 2. The third-order valence-corrected chi connectivity index (χ3v) is 3.23. The highest BCUT2D eigenvalue weighted by Crippen LogP contribution is 2.33. The molecule has 2 rings (SSSR count). The van der Waals surface area contributed by atoms with Crippen LogP contribution in [0.25, 0.3) is 0 Å². The van der Waals surface area contributed by atoms with Gasteiger partial charge < -0.3 is 15.6 Å². The number of rotatable bonds is 3. The van der Waals surface area contributed by atoms with Gasteiger partial charge in [0.1, 0.15) is 17.2 Å². The van der Waals surface area contributed by atoms with Gasteiger partial charge in [-0.3, -0.25) is 0 Å². The van der Waals surface area contributed by atoms with Gasteiger partial charge in [-0.05, 0) is 43.2 Å². The van der Waals surface area contributed by atoms with E-state index in [4.69, 9.17) is 10.5 Å². The van der Waals surface area contributed by atoms with Gasteiger partial charge in [-0.2, -0.15) is 0 Å². The van der Waals surface area contributed by atoms with E-state index in [0.717, 1.165) is 16.9 Å². The van der Waals surface area contributed by atoms with E-state index in [1.54, 1.807) is 20.2 Å². The van der Waals surface area contributed by atoms with E-state index in [0.29, 0.717) is 11.4 Å². The number of pyridine rings is 1. The summed E-state index contributed by atoms with van der Waals surface area (Å²) in [6.45, 7) is 3.63. The number of aryl methyl sites for hydroxylation is 1. The maximum atomic E-state index is 10.8. The molecule has 0 bridgehead atoms. The van der Waals surface area contributed by atoms with E-state index in [9.17, 15) is 5.11 Å². The van der Waals surface area contributed by atoms with Crippen molar-refractivity contribution in [3.05, 3.63) is 53.2 Å². The van der Waals surface area contributed by atoms with Crippen LogP contribution in [0.4, 0.5) is 5.82 Å². The molecule has 0 amide bonds. The van der Waals surface area contributed by atoms with Crippen LogP contribution >= 0.6 is 0 Å². The summed E-state index contributed by atoms with van der Waals surface area (Å²) in [6.07, 6.45) is 1.68. The Morgan fingerprint density at radius 2 is 1.89 bits per heavy atom. The Labute approximate surface area is 112 Å². The number of nitrogens with two attached hydrogens (primary N) is 1. The van der Waals surface area contributed by atoms with E-state index in [1.165, 1.54) is 0 Å². The standard InChI is InChI=1S/C15H18N2O2/c1-10-8-13(14(16)17-9-10)15(2,18)11-4-6-12(19-3)7-5-11/h4-9,18H,1-3H3,(H2,16,17). The van der Waals surface area contributed by atoms with Gasteiger partial charge in [-0.25, -0.2) is 4.98 Å². The van der Waals surface area contributed by atoms with Gasteiger partial charge in [0.2, 0.25) is 0 Å². The fraction of sp³-hybridized carbons (Fsp3) is 0.267. The van der Waals surface area contributed by atoms with Crippen LogP contribution in [0.2, 0.25) is 0 Å². The molecule has 0 aliphatic heterocycles. The van der Waals surface area contributed by atoms with Crippen molar-refractivity contribution in [1.82, 2.24) is 4.98 Å². The molecule has 1 unspecified atom stereocenters. The summed E-state index contributed by atoms with van der Waals surface area (Å²) in [4.78, 5) is 4.10. The first-order valence-electron chi connectivity index (χ1n) is 6.04. The molecule has 1 aromatic heterocycles. The Morgan fingerprint density at radius 1 is 1.26 bits per heavy atom. The summed E-state index contributed by atoms with van der Waals surface area (Å²) in [5, 5.41) is 10.8. The number of methoxy groups -OCH3 is 1. The third kappa shape index (κ3) is 2.53. The first kappa shape index (κ1) is 13.4. The zero-order valence-corrected chi connectivity index (χ0v) is 11.3. The molecule has 0 aliphatic carbocycles. The number of hydrogen-bond acceptors (Lipinski definition) is 4. The first-order valence-corrected chi connectivity index (χ1v) is 6.04. The lowest BCUT2D eigenvalue weighted by atomic mass is 9.88.